The van der Waals surface area contributed by atoms with E-state index >= 15 is 0 Å². The zero-order valence-corrected chi connectivity index (χ0v) is 10.4. The summed E-state index contributed by atoms with van der Waals surface area (Å²) in [6.07, 6.45) is 8.54. The maximum atomic E-state index is 11.0. The molecule has 0 aliphatic rings. The van der Waals surface area contributed by atoms with Crippen LogP contribution in [0.1, 0.15) is 36.0 Å². The number of hydrogen-bond acceptors (Lipinski definition) is 3. The number of hydrogen-bond donors (Lipinski definition) is 1. The van der Waals surface area contributed by atoms with E-state index in [0.717, 1.165) is 49.5 Å². The summed E-state index contributed by atoms with van der Waals surface area (Å²) in [6.45, 7) is 1.13. The van der Waals surface area contributed by atoms with Crippen molar-refractivity contribution in [2.45, 2.75) is 32.2 Å². The molecule has 0 radical (unpaired) electrons. The molecule has 0 aliphatic carbocycles. The lowest BCUT2D eigenvalue weighted by Gasteiger charge is -2.04. The molecule has 2 heterocycles. The Morgan fingerprint density at radius 2 is 2.11 bits per heavy atom. The maximum absolute atomic E-state index is 11.0. The molecular weight excluding hydrogens is 228 g/mol. The van der Waals surface area contributed by atoms with Gasteiger partial charge in [0.15, 0.2) is 6.29 Å². The first-order valence-electron chi connectivity index (χ1n) is 6.36. The summed E-state index contributed by atoms with van der Waals surface area (Å²) >= 11 is 0. The Balaban J connectivity index is 2.06. The first-order chi connectivity index (χ1) is 8.86. The van der Waals surface area contributed by atoms with Crippen molar-refractivity contribution < 1.29 is 9.90 Å². The number of carbonyl (C=O) groups is 1. The van der Waals surface area contributed by atoms with Gasteiger partial charge in [0.05, 0.1) is 0 Å². The summed E-state index contributed by atoms with van der Waals surface area (Å²) in [5, 5.41) is 9.62. The third-order valence-corrected chi connectivity index (χ3v) is 3.10. The zero-order valence-electron chi connectivity index (χ0n) is 10.4. The first kappa shape index (κ1) is 12.8. The number of pyridine rings is 1. The molecule has 0 aromatic carbocycles. The monoisotopic (exact) mass is 246 g/mol. The number of nitrogens with zero attached hydrogens (tertiary/aromatic N) is 2. The van der Waals surface area contributed by atoms with Gasteiger partial charge in [-0.15, -0.1) is 0 Å². The van der Waals surface area contributed by atoms with Crippen molar-refractivity contribution in [2.75, 3.05) is 6.61 Å². The van der Waals surface area contributed by atoms with Gasteiger partial charge in [0, 0.05) is 36.5 Å². The molecule has 0 bridgehead atoms. The lowest BCUT2D eigenvalue weighted by Crippen LogP contribution is -1.97. The highest BCUT2D eigenvalue weighted by Crippen LogP contribution is 2.18. The minimum absolute atomic E-state index is 0.267. The third-order valence-electron chi connectivity index (χ3n) is 3.10. The number of aliphatic hydroxyl groups excluding tert-OH is 1. The van der Waals surface area contributed by atoms with Crippen LogP contribution in [0.4, 0.5) is 0 Å². The van der Waals surface area contributed by atoms with E-state index in [4.69, 9.17) is 5.11 Å². The van der Waals surface area contributed by atoms with E-state index in [1.165, 1.54) is 0 Å². The largest absolute Gasteiger partial charge is 0.396 e. The van der Waals surface area contributed by atoms with E-state index in [-0.39, 0.29) is 6.61 Å². The first-order valence-corrected chi connectivity index (χ1v) is 6.36. The highest BCUT2D eigenvalue weighted by atomic mass is 16.2. The Hall–Kier alpha value is -1.68. The maximum Gasteiger partial charge on any atom is 0.152 e. The molecule has 0 unspecified atom stereocenters. The van der Waals surface area contributed by atoms with E-state index < -0.39 is 0 Å². The van der Waals surface area contributed by atoms with E-state index in [9.17, 15) is 4.79 Å². The van der Waals surface area contributed by atoms with Crippen LogP contribution in [-0.2, 0) is 6.54 Å². The van der Waals surface area contributed by atoms with Crippen molar-refractivity contribution in [1.29, 1.82) is 0 Å². The second kappa shape index (κ2) is 6.31. The van der Waals surface area contributed by atoms with Gasteiger partial charge in [0.2, 0.25) is 0 Å². The molecule has 4 heteroatoms. The topological polar surface area (TPSA) is 55.1 Å². The molecule has 2 aromatic heterocycles. The Labute approximate surface area is 106 Å². The summed E-state index contributed by atoms with van der Waals surface area (Å²) in [5.41, 5.74) is 1.58. The fourth-order valence-electron chi connectivity index (χ4n) is 2.16. The number of aldehydes is 1. The Kier molecular flexibility index (Phi) is 4.47. The number of unbranched alkanes of at least 4 members (excludes halogenated alkanes) is 3. The van der Waals surface area contributed by atoms with Gasteiger partial charge in [-0.1, -0.05) is 12.8 Å². The molecule has 0 saturated carbocycles. The van der Waals surface area contributed by atoms with Crippen molar-refractivity contribution in [3.63, 3.8) is 0 Å². The Bertz CT molecular complexity index is 519. The number of aromatic nitrogens is 2. The standard InChI is InChI=1S/C14H18N2O2/c17-9-4-2-1-3-8-16-10-12(11-18)13-6-5-7-15-14(13)16/h5-7,10-11,17H,1-4,8-9H2. The van der Waals surface area contributed by atoms with Gasteiger partial charge < -0.3 is 9.67 Å². The number of fused-ring (bicyclic) bond motifs is 1. The van der Waals surface area contributed by atoms with Crippen LogP contribution in [0.25, 0.3) is 11.0 Å². The molecule has 4 nitrogen and oxygen atoms in total. The average Bonchev–Trinajstić information content (AvgIpc) is 2.77. The van der Waals surface area contributed by atoms with Gasteiger partial charge in [-0.25, -0.2) is 4.98 Å². The van der Waals surface area contributed by atoms with E-state index in [1.54, 1.807) is 6.20 Å². The summed E-state index contributed by atoms with van der Waals surface area (Å²) in [5.74, 6) is 0. The van der Waals surface area contributed by atoms with Crippen LogP contribution in [0.3, 0.4) is 0 Å². The fraction of sp³-hybridized carbons (Fsp3) is 0.429. The van der Waals surface area contributed by atoms with Gasteiger partial charge in [0.25, 0.3) is 0 Å². The zero-order chi connectivity index (χ0) is 12.8. The molecule has 0 fully saturated rings. The number of carbonyl (C=O) groups excluding carboxylic acids is 1. The fourth-order valence-corrected chi connectivity index (χ4v) is 2.16. The molecule has 1 N–H and O–H groups in total. The highest BCUT2D eigenvalue weighted by molar-refractivity contribution is 5.95. The van der Waals surface area contributed by atoms with Crippen LogP contribution < -0.4 is 0 Å². The highest BCUT2D eigenvalue weighted by Gasteiger charge is 2.07. The number of rotatable bonds is 7. The summed E-state index contributed by atoms with van der Waals surface area (Å²) in [7, 11) is 0. The molecule has 0 atom stereocenters. The number of aryl methyl sites for hydroxylation is 1. The second-order valence-electron chi connectivity index (χ2n) is 4.41. The van der Waals surface area contributed by atoms with Crippen molar-refractivity contribution in [1.82, 2.24) is 9.55 Å². The smallest absolute Gasteiger partial charge is 0.152 e. The molecule has 0 aliphatic heterocycles. The molecule has 2 rings (SSSR count). The number of aliphatic hydroxyl groups is 1. The molecule has 18 heavy (non-hydrogen) atoms. The normalized spacial score (nSPS) is 10.9. The van der Waals surface area contributed by atoms with E-state index in [1.807, 2.05) is 22.9 Å². The van der Waals surface area contributed by atoms with Gasteiger partial charge >= 0.3 is 0 Å². The molecule has 96 valence electrons. The molecule has 0 spiro atoms. The average molecular weight is 246 g/mol. The lowest BCUT2D eigenvalue weighted by atomic mass is 10.2. The Morgan fingerprint density at radius 1 is 1.28 bits per heavy atom. The van der Waals surface area contributed by atoms with Crippen molar-refractivity contribution in [3.8, 4) is 0 Å². The molecule has 2 aromatic rings. The summed E-state index contributed by atoms with van der Waals surface area (Å²) < 4.78 is 2.04. The van der Waals surface area contributed by atoms with Crippen molar-refractivity contribution >= 4 is 17.3 Å². The van der Waals surface area contributed by atoms with Gasteiger partial charge in [-0.3, -0.25) is 4.79 Å². The van der Waals surface area contributed by atoms with Gasteiger partial charge in [0.1, 0.15) is 5.65 Å². The summed E-state index contributed by atoms with van der Waals surface area (Å²) in [6, 6.07) is 3.77. The third kappa shape index (κ3) is 2.76. The van der Waals surface area contributed by atoms with E-state index in [2.05, 4.69) is 4.98 Å². The minimum atomic E-state index is 0.267. The molecular formula is C14H18N2O2. The second-order valence-corrected chi connectivity index (χ2v) is 4.41. The molecule has 0 amide bonds. The van der Waals surface area contributed by atoms with Crippen molar-refractivity contribution in [2.24, 2.45) is 0 Å². The van der Waals surface area contributed by atoms with Crippen LogP contribution in [0, 0.1) is 0 Å². The predicted molar refractivity (Wildman–Crippen MR) is 70.7 cm³/mol. The van der Waals surface area contributed by atoms with E-state index in [0.29, 0.717) is 5.56 Å². The lowest BCUT2D eigenvalue weighted by molar-refractivity contribution is 0.112. The minimum Gasteiger partial charge on any atom is -0.396 e. The molecule has 0 saturated heterocycles. The quantitative estimate of drug-likeness (QED) is 0.603. The van der Waals surface area contributed by atoms with Crippen LogP contribution in [0.2, 0.25) is 0 Å². The van der Waals surface area contributed by atoms with Crippen LogP contribution >= 0.6 is 0 Å². The Morgan fingerprint density at radius 3 is 2.89 bits per heavy atom. The van der Waals surface area contributed by atoms with Crippen molar-refractivity contribution in [3.05, 3.63) is 30.1 Å². The van der Waals surface area contributed by atoms with Crippen LogP contribution in [0.15, 0.2) is 24.5 Å². The summed E-state index contributed by atoms with van der Waals surface area (Å²) in [4.78, 5) is 15.3. The van der Waals surface area contributed by atoms with Gasteiger partial charge in [-0.05, 0) is 25.0 Å². The predicted octanol–water partition coefficient (Wildman–Crippen LogP) is 2.40. The van der Waals surface area contributed by atoms with Crippen LogP contribution in [-0.4, -0.2) is 27.6 Å². The SMILES string of the molecule is O=Cc1cn(CCCCCCO)c2ncccc12. The van der Waals surface area contributed by atoms with Gasteiger partial charge in [-0.2, -0.15) is 0 Å². The van der Waals surface area contributed by atoms with Crippen LogP contribution in [0.5, 0.6) is 0 Å².